The van der Waals surface area contributed by atoms with Gasteiger partial charge in [0.2, 0.25) is 5.75 Å². The van der Waals surface area contributed by atoms with Crippen LogP contribution in [-0.4, -0.2) is 105 Å². The van der Waals surface area contributed by atoms with Gasteiger partial charge in [0.1, 0.15) is 6.10 Å². The molecule has 3 atom stereocenters. The fraction of sp³-hybridized carbons (Fsp3) is 0.545. The van der Waals surface area contributed by atoms with Crippen LogP contribution in [0.5, 0.6) is 17.2 Å². The largest absolute Gasteiger partial charge is 0.493 e. The second kappa shape index (κ2) is 14.8. The van der Waals surface area contributed by atoms with Crippen molar-refractivity contribution < 1.29 is 28.5 Å². The van der Waals surface area contributed by atoms with Crippen LogP contribution in [0.2, 0.25) is 0 Å². The first-order chi connectivity index (χ1) is 21.4. The van der Waals surface area contributed by atoms with Crippen molar-refractivity contribution in [1.29, 1.82) is 0 Å². The predicted molar refractivity (Wildman–Crippen MR) is 168 cm³/mol. The van der Waals surface area contributed by atoms with Gasteiger partial charge in [0, 0.05) is 43.7 Å². The molecule has 238 valence electrons. The lowest BCUT2D eigenvalue weighted by Gasteiger charge is -2.25. The van der Waals surface area contributed by atoms with Gasteiger partial charge in [0.25, 0.3) is 5.91 Å². The van der Waals surface area contributed by atoms with E-state index in [0.29, 0.717) is 47.9 Å². The normalized spacial score (nSPS) is 21.9. The van der Waals surface area contributed by atoms with E-state index < -0.39 is 5.97 Å². The fourth-order valence-electron chi connectivity index (χ4n) is 6.21. The van der Waals surface area contributed by atoms with E-state index in [9.17, 15) is 9.59 Å². The molecular formula is C33H45N5O6. The van der Waals surface area contributed by atoms with Crippen LogP contribution in [0.1, 0.15) is 58.4 Å². The van der Waals surface area contributed by atoms with Gasteiger partial charge in [0.05, 0.1) is 38.6 Å². The van der Waals surface area contributed by atoms with Crippen LogP contribution in [0.25, 0.3) is 10.9 Å². The molecule has 1 aromatic heterocycles. The molecule has 3 aromatic rings. The number of carbonyl (C=O) groups excluding carboxylic acids is 2. The van der Waals surface area contributed by atoms with Crippen molar-refractivity contribution in [3.8, 4) is 17.2 Å². The Labute approximate surface area is 259 Å². The van der Waals surface area contributed by atoms with E-state index in [1.807, 2.05) is 29.9 Å². The van der Waals surface area contributed by atoms with Gasteiger partial charge in [-0.2, -0.15) is 5.10 Å². The van der Waals surface area contributed by atoms with E-state index in [2.05, 4.69) is 20.2 Å². The number of nitrogens with zero attached hydrogens (tertiary/aromatic N) is 4. The summed E-state index contributed by atoms with van der Waals surface area (Å²) in [5.74, 6) is 0.757. The first kappa shape index (κ1) is 31.6. The lowest BCUT2D eigenvalue weighted by molar-refractivity contribution is 0.0227. The first-order valence-corrected chi connectivity index (χ1v) is 15.6. The molecule has 3 heterocycles. The maximum absolute atomic E-state index is 13.5. The molecule has 0 spiro atoms. The highest BCUT2D eigenvalue weighted by Gasteiger charge is 2.23. The summed E-state index contributed by atoms with van der Waals surface area (Å²) >= 11 is 0. The number of ether oxygens (including phenoxy) is 4. The number of aromatic nitrogens is 2. The highest BCUT2D eigenvalue weighted by atomic mass is 16.5. The smallest absolute Gasteiger partial charge is 0.338 e. The van der Waals surface area contributed by atoms with E-state index in [1.54, 1.807) is 12.1 Å². The molecule has 44 heavy (non-hydrogen) atoms. The Balaban J connectivity index is 1.37. The topological polar surface area (TPSA) is 107 Å². The monoisotopic (exact) mass is 607 g/mol. The molecule has 0 radical (unpaired) electrons. The molecule has 2 aromatic carbocycles. The van der Waals surface area contributed by atoms with Crippen molar-refractivity contribution >= 4 is 22.8 Å². The minimum absolute atomic E-state index is 0.0542. The quantitative estimate of drug-likeness (QED) is 0.432. The number of aryl methyl sites for hydroxylation is 2. The van der Waals surface area contributed by atoms with Crippen molar-refractivity contribution in [1.82, 2.24) is 24.9 Å². The summed E-state index contributed by atoms with van der Waals surface area (Å²) < 4.78 is 24.5. The number of fused-ring (bicyclic) bond motifs is 4. The summed E-state index contributed by atoms with van der Waals surface area (Å²) in [6.45, 7) is 9.13. The van der Waals surface area contributed by atoms with Gasteiger partial charge in [-0.25, -0.2) is 4.79 Å². The SMILES string of the molecule is COc1cc(C(=O)O[C@@H]2CCCn3ncc4c(C)cc(cc43)C(=O)NCCCN3CCCN(CC2)CC3)cc(OC)c1OC. The Kier molecular flexibility index (Phi) is 10.6. The summed E-state index contributed by atoms with van der Waals surface area (Å²) in [7, 11) is 4.58. The zero-order valence-corrected chi connectivity index (χ0v) is 26.4. The molecule has 0 saturated carbocycles. The van der Waals surface area contributed by atoms with Crippen molar-refractivity contribution in [3.63, 3.8) is 0 Å². The number of amides is 1. The predicted octanol–water partition coefficient (Wildman–Crippen LogP) is 3.91. The standard InChI is InChI=1S/C33H45N5O6/c1-23-18-24-19-28-27(23)22-35-38(28)14-5-8-26(44-33(40)25-20-29(41-2)31(43-4)30(21-25)42-3)9-15-37-13-7-12-36(16-17-37)11-6-10-34-32(24)39/h18-22,26H,5-17H2,1-4H3,(H,34,39)/t26-/m1/s1. The third-order valence-electron chi connectivity index (χ3n) is 8.69. The molecule has 11 heteroatoms. The number of nitrogens with one attached hydrogen (secondary N) is 1. The second-order valence-electron chi connectivity index (χ2n) is 11.6. The minimum atomic E-state index is -0.425. The van der Waals surface area contributed by atoms with Gasteiger partial charge in [0.15, 0.2) is 11.5 Å². The van der Waals surface area contributed by atoms with Crippen LogP contribution in [0.15, 0.2) is 30.5 Å². The molecule has 1 amide bonds. The molecule has 0 aliphatic carbocycles. The molecule has 2 aliphatic rings. The van der Waals surface area contributed by atoms with Crippen LogP contribution < -0.4 is 19.5 Å². The van der Waals surface area contributed by atoms with Gasteiger partial charge in [-0.05, 0) is 88.5 Å². The second-order valence-corrected chi connectivity index (χ2v) is 11.6. The maximum Gasteiger partial charge on any atom is 0.338 e. The van der Waals surface area contributed by atoms with E-state index in [1.165, 1.54) is 21.3 Å². The minimum Gasteiger partial charge on any atom is -0.493 e. The van der Waals surface area contributed by atoms with E-state index >= 15 is 0 Å². The molecule has 11 nitrogen and oxygen atoms in total. The summed E-state index contributed by atoms with van der Waals surface area (Å²) in [4.78, 5) is 31.5. The zero-order chi connectivity index (χ0) is 31.1. The highest BCUT2D eigenvalue weighted by molar-refractivity contribution is 5.98. The maximum atomic E-state index is 13.5. The molecule has 5 rings (SSSR count). The van der Waals surface area contributed by atoms with Crippen molar-refractivity contribution in [2.45, 2.75) is 51.7 Å². The summed E-state index contributed by atoms with van der Waals surface area (Å²) in [5, 5.41) is 8.79. The van der Waals surface area contributed by atoms with Crippen LogP contribution >= 0.6 is 0 Å². The van der Waals surface area contributed by atoms with Gasteiger partial charge in [-0.1, -0.05) is 0 Å². The number of hydrogen-bond acceptors (Lipinski definition) is 9. The Morgan fingerprint density at radius 3 is 2.25 bits per heavy atom. The molecule has 1 fully saturated rings. The lowest BCUT2D eigenvalue weighted by atomic mass is 10.1. The lowest BCUT2D eigenvalue weighted by Crippen LogP contribution is -2.34. The van der Waals surface area contributed by atoms with Crippen LogP contribution in [0, 0.1) is 6.92 Å². The Hall–Kier alpha value is -3.83. The van der Waals surface area contributed by atoms with E-state index in [-0.39, 0.29) is 12.0 Å². The van der Waals surface area contributed by atoms with Gasteiger partial charge >= 0.3 is 5.97 Å². The number of hydrogen-bond donors (Lipinski definition) is 1. The van der Waals surface area contributed by atoms with Crippen molar-refractivity contribution in [2.24, 2.45) is 0 Å². The van der Waals surface area contributed by atoms with Gasteiger partial charge in [-0.15, -0.1) is 0 Å². The summed E-state index contributed by atoms with van der Waals surface area (Å²) in [6, 6.07) is 7.13. The average molecular weight is 608 g/mol. The molecule has 1 saturated heterocycles. The molecule has 4 bridgehead atoms. The van der Waals surface area contributed by atoms with E-state index in [4.69, 9.17) is 18.9 Å². The summed E-state index contributed by atoms with van der Waals surface area (Å²) in [6.07, 6.45) is 5.74. The number of methoxy groups -OCH3 is 3. The van der Waals surface area contributed by atoms with Crippen molar-refractivity contribution in [2.75, 3.05) is 67.1 Å². The third kappa shape index (κ3) is 7.44. The van der Waals surface area contributed by atoms with Crippen LogP contribution in [0.4, 0.5) is 0 Å². The fourth-order valence-corrected chi connectivity index (χ4v) is 6.21. The van der Waals surface area contributed by atoms with Gasteiger partial charge < -0.3 is 34.1 Å². The first-order valence-electron chi connectivity index (χ1n) is 15.6. The Morgan fingerprint density at radius 1 is 0.841 bits per heavy atom. The van der Waals surface area contributed by atoms with Crippen LogP contribution in [0.3, 0.4) is 0 Å². The molecule has 2 unspecified atom stereocenters. The number of rotatable bonds is 5. The number of esters is 1. The summed E-state index contributed by atoms with van der Waals surface area (Å²) in [5.41, 5.74) is 2.96. The highest BCUT2D eigenvalue weighted by Crippen LogP contribution is 2.38. The molecule has 2 aliphatic heterocycles. The molecular weight excluding hydrogens is 562 g/mol. The third-order valence-corrected chi connectivity index (χ3v) is 8.69. The van der Waals surface area contributed by atoms with Crippen molar-refractivity contribution in [3.05, 3.63) is 47.2 Å². The van der Waals surface area contributed by atoms with E-state index in [0.717, 1.165) is 81.4 Å². The Bertz CT molecular complexity index is 1430. The number of benzene rings is 2. The van der Waals surface area contributed by atoms with Crippen LogP contribution in [-0.2, 0) is 11.3 Å². The Morgan fingerprint density at radius 2 is 1.55 bits per heavy atom. The zero-order valence-electron chi connectivity index (χ0n) is 26.4. The number of carbonyl (C=O) groups is 2. The van der Waals surface area contributed by atoms with Gasteiger partial charge in [-0.3, -0.25) is 9.48 Å². The average Bonchev–Trinajstić information content (AvgIpc) is 3.30. The molecule has 1 N–H and O–H groups in total.